The maximum absolute atomic E-state index is 12.9. The quantitative estimate of drug-likeness (QED) is 0.751. The van der Waals surface area contributed by atoms with Crippen molar-refractivity contribution in [3.8, 4) is 5.88 Å². The predicted octanol–water partition coefficient (Wildman–Crippen LogP) is 3.39. The molecule has 1 N–H and O–H groups in total. The van der Waals surface area contributed by atoms with Crippen molar-refractivity contribution in [1.82, 2.24) is 15.3 Å². The zero-order valence-corrected chi connectivity index (χ0v) is 13.9. The molecule has 25 heavy (non-hydrogen) atoms. The summed E-state index contributed by atoms with van der Waals surface area (Å²) in [7, 11) is 0. The fraction of sp³-hybridized carbons (Fsp3) is 0.150. The Hall–Kier alpha value is -3.21. The Bertz CT molecular complexity index is 783. The molecule has 0 bridgehead atoms. The number of nitrogens with one attached hydrogen (secondary N) is 1. The van der Waals surface area contributed by atoms with Gasteiger partial charge in [0.15, 0.2) is 0 Å². The lowest BCUT2D eigenvalue weighted by atomic mass is 9.99. The second-order valence-electron chi connectivity index (χ2n) is 5.39. The van der Waals surface area contributed by atoms with E-state index in [1.165, 1.54) is 0 Å². The van der Waals surface area contributed by atoms with E-state index in [-0.39, 0.29) is 11.9 Å². The van der Waals surface area contributed by atoms with E-state index in [4.69, 9.17) is 4.74 Å². The average Bonchev–Trinajstić information content (AvgIpc) is 2.68. The molecule has 126 valence electrons. The zero-order valence-electron chi connectivity index (χ0n) is 13.9. The van der Waals surface area contributed by atoms with Gasteiger partial charge in [0.25, 0.3) is 5.91 Å². The van der Waals surface area contributed by atoms with Crippen LogP contribution in [-0.4, -0.2) is 22.5 Å². The highest BCUT2D eigenvalue weighted by Gasteiger charge is 2.20. The summed E-state index contributed by atoms with van der Waals surface area (Å²) in [5, 5.41) is 3.08. The molecule has 5 nitrogen and oxygen atoms in total. The van der Waals surface area contributed by atoms with Crippen LogP contribution in [0.5, 0.6) is 5.88 Å². The summed E-state index contributed by atoms with van der Waals surface area (Å²) in [6.45, 7) is 2.31. The third-order valence-electron chi connectivity index (χ3n) is 3.74. The Morgan fingerprint density at radius 2 is 1.72 bits per heavy atom. The monoisotopic (exact) mass is 333 g/mol. The van der Waals surface area contributed by atoms with Crippen molar-refractivity contribution in [3.63, 3.8) is 0 Å². The molecule has 5 heteroatoms. The Morgan fingerprint density at radius 3 is 2.44 bits per heavy atom. The van der Waals surface area contributed by atoms with Crippen molar-refractivity contribution in [1.29, 1.82) is 0 Å². The second kappa shape index (κ2) is 8.06. The number of rotatable bonds is 6. The highest BCUT2D eigenvalue weighted by atomic mass is 16.5. The third kappa shape index (κ3) is 4.01. The van der Waals surface area contributed by atoms with E-state index in [1.807, 2.05) is 49.4 Å². The molecule has 1 aromatic carbocycles. The van der Waals surface area contributed by atoms with E-state index in [9.17, 15) is 4.79 Å². The molecule has 3 aromatic rings. The molecule has 1 atom stereocenters. The van der Waals surface area contributed by atoms with E-state index < -0.39 is 0 Å². The summed E-state index contributed by atoms with van der Waals surface area (Å²) >= 11 is 0. The standard InChI is InChI=1S/C20H19N3O2/c1-2-25-20-17(9-6-12-22-20)19(24)23-18(15-7-4-3-5-8-15)16-10-13-21-14-11-16/h3-14,18H,2H2,1H3,(H,23,24). The first-order chi connectivity index (χ1) is 12.3. The Morgan fingerprint density at radius 1 is 1.00 bits per heavy atom. The molecule has 1 unspecified atom stereocenters. The van der Waals surface area contributed by atoms with Gasteiger partial charge in [-0.05, 0) is 42.3 Å². The number of hydrogen-bond acceptors (Lipinski definition) is 4. The minimum Gasteiger partial charge on any atom is -0.477 e. The van der Waals surface area contributed by atoms with Crippen molar-refractivity contribution >= 4 is 5.91 Å². The maximum Gasteiger partial charge on any atom is 0.257 e. The Balaban J connectivity index is 1.92. The van der Waals surface area contributed by atoms with Crippen LogP contribution in [0.3, 0.4) is 0 Å². The molecule has 0 aliphatic carbocycles. The molecule has 0 saturated carbocycles. The molecule has 1 amide bonds. The van der Waals surface area contributed by atoms with Gasteiger partial charge >= 0.3 is 0 Å². The Kier molecular flexibility index (Phi) is 5.36. The van der Waals surface area contributed by atoms with Gasteiger partial charge < -0.3 is 10.1 Å². The number of nitrogens with zero attached hydrogens (tertiary/aromatic N) is 2. The molecule has 2 heterocycles. The lowest BCUT2D eigenvalue weighted by molar-refractivity contribution is 0.0938. The van der Waals surface area contributed by atoms with Gasteiger partial charge in [0.2, 0.25) is 5.88 Å². The summed E-state index contributed by atoms with van der Waals surface area (Å²) in [5.41, 5.74) is 2.36. The lowest BCUT2D eigenvalue weighted by Gasteiger charge is -2.20. The van der Waals surface area contributed by atoms with Crippen LogP contribution in [0.4, 0.5) is 0 Å². The highest BCUT2D eigenvalue weighted by Crippen LogP contribution is 2.23. The van der Waals surface area contributed by atoms with Crippen molar-refractivity contribution < 1.29 is 9.53 Å². The van der Waals surface area contributed by atoms with Crippen LogP contribution in [0.1, 0.15) is 34.5 Å². The second-order valence-corrected chi connectivity index (χ2v) is 5.39. The first-order valence-electron chi connectivity index (χ1n) is 8.13. The van der Waals surface area contributed by atoms with Gasteiger partial charge in [-0.1, -0.05) is 30.3 Å². The molecule has 0 fully saturated rings. The molecule has 3 rings (SSSR count). The zero-order chi connectivity index (χ0) is 17.5. The van der Waals surface area contributed by atoms with Gasteiger partial charge in [0.1, 0.15) is 5.56 Å². The molecular formula is C20H19N3O2. The predicted molar refractivity (Wildman–Crippen MR) is 95.4 cm³/mol. The third-order valence-corrected chi connectivity index (χ3v) is 3.74. The van der Waals surface area contributed by atoms with Crippen LogP contribution in [0.25, 0.3) is 0 Å². The molecule has 0 aliphatic heterocycles. The number of carbonyl (C=O) groups excluding carboxylic acids is 1. The molecule has 2 aromatic heterocycles. The molecular weight excluding hydrogens is 314 g/mol. The van der Waals surface area contributed by atoms with Crippen LogP contribution < -0.4 is 10.1 Å². The number of ether oxygens (including phenoxy) is 1. The van der Waals surface area contributed by atoms with Gasteiger partial charge in [-0.15, -0.1) is 0 Å². The van der Waals surface area contributed by atoms with E-state index >= 15 is 0 Å². The van der Waals surface area contributed by atoms with E-state index in [0.29, 0.717) is 18.1 Å². The molecule has 0 saturated heterocycles. The first kappa shape index (κ1) is 16.6. The number of carbonyl (C=O) groups is 1. The number of hydrogen-bond donors (Lipinski definition) is 1. The van der Waals surface area contributed by atoms with E-state index in [1.54, 1.807) is 30.7 Å². The number of aromatic nitrogens is 2. The van der Waals surface area contributed by atoms with Crippen molar-refractivity contribution in [2.24, 2.45) is 0 Å². The van der Waals surface area contributed by atoms with Gasteiger partial charge in [-0.2, -0.15) is 0 Å². The summed E-state index contributed by atoms with van der Waals surface area (Å²) in [4.78, 5) is 21.1. The minimum atomic E-state index is -0.286. The molecule has 0 aliphatic rings. The van der Waals surface area contributed by atoms with Crippen LogP contribution in [0.2, 0.25) is 0 Å². The van der Waals surface area contributed by atoms with Crippen LogP contribution in [-0.2, 0) is 0 Å². The smallest absolute Gasteiger partial charge is 0.257 e. The molecule has 0 radical (unpaired) electrons. The van der Waals surface area contributed by atoms with Gasteiger partial charge in [-0.3, -0.25) is 9.78 Å². The average molecular weight is 333 g/mol. The van der Waals surface area contributed by atoms with E-state index in [0.717, 1.165) is 11.1 Å². The first-order valence-corrected chi connectivity index (χ1v) is 8.13. The summed E-state index contributed by atoms with van der Waals surface area (Å²) in [6.07, 6.45) is 5.04. The maximum atomic E-state index is 12.9. The van der Waals surface area contributed by atoms with Crippen molar-refractivity contribution in [3.05, 3.63) is 89.9 Å². The lowest BCUT2D eigenvalue weighted by Crippen LogP contribution is -2.29. The van der Waals surface area contributed by atoms with Crippen molar-refractivity contribution in [2.75, 3.05) is 6.61 Å². The highest BCUT2D eigenvalue weighted by molar-refractivity contribution is 5.96. The van der Waals surface area contributed by atoms with Crippen molar-refractivity contribution in [2.45, 2.75) is 13.0 Å². The minimum absolute atomic E-state index is 0.234. The van der Waals surface area contributed by atoms with Crippen LogP contribution in [0.15, 0.2) is 73.2 Å². The SMILES string of the molecule is CCOc1ncccc1C(=O)NC(c1ccccc1)c1ccncc1. The number of benzene rings is 1. The van der Waals surface area contributed by atoms with Gasteiger partial charge in [0.05, 0.1) is 12.6 Å². The van der Waals surface area contributed by atoms with E-state index in [2.05, 4.69) is 15.3 Å². The normalized spacial score (nSPS) is 11.6. The largest absolute Gasteiger partial charge is 0.477 e. The summed E-state index contributed by atoms with van der Waals surface area (Å²) in [5.74, 6) is 0.103. The van der Waals surface area contributed by atoms with Gasteiger partial charge in [0, 0.05) is 18.6 Å². The molecule has 0 spiro atoms. The van der Waals surface area contributed by atoms with Crippen LogP contribution >= 0.6 is 0 Å². The Labute approximate surface area is 146 Å². The summed E-state index contributed by atoms with van der Waals surface area (Å²) < 4.78 is 5.47. The fourth-order valence-corrected chi connectivity index (χ4v) is 2.58. The fourth-order valence-electron chi connectivity index (χ4n) is 2.58. The number of pyridine rings is 2. The van der Waals surface area contributed by atoms with Crippen LogP contribution in [0, 0.1) is 0 Å². The van der Waals surface area contributed by atoms with Gasteiger partial charge in [-0.25, -0.2) is 4.98 Å². The topological polar surface area (TPSA) is 64.1 Å². The summed E-state index contributed by atoms with van der Waals surface area (Å²) in [6, 6.07) is 16.8. The number of amides is 1.